The Hall–Kier alpha value is 0.827. The second-order valence-electron chi connectivity index (χ2n) is 0.204. The van der Waals surface area contributed by atoms with Gasteiger partial charge in [-0.3, -0.25) is 0 Å². The van der Waals surface area contributed by atoms with Gasteiger partial charge in [-0.15, -0.1) is 0 Å². The quantitative estimate of drug-likeness (QED) is 0.310. The van der Waals surface area contributed by atoms with E-state index in [2.05, 4.69) is 16.8 Å². The van der Waals surface area contributed by atoms with Crippen LogP contribution in [0.3, 0.4) is 0 Å². The minimum Gasteiger partial charge on any atom is -1.00 e. The predicted molar refractivity (Wildman–Crippen MR) is 16.0 cm³/mol. The van der Waals surface area contributed by atoms with Crippen molar-refractivity contribution in [1.29, 1.82) is 0 Å². The molecule has 0 nitrogen and oxygen atoms in total. The maximum Gasteiger partial charge on any atom is -1.00 e. The summed E-state index contributed by atoms with van der Waals surface area (Å²) < 4.78 is 0. The Labute approximate surface area is 60.0 Å². The van der Waals surface area contributed by atoms with Gasteiger partial charge in [0.1, 0.15) is 0 Å². The molecule has 0 unspecified atom stereocenters. The first-order valence-electron chi connectivity index (χ1n) is 0.697. The molecule has 0 heterocycles. The van der Waals surface area contributed by atoms with Crippen LogP contribution in [0.1, 0.15) is 0 Å². The van der Waals surface area contributed by atoms with Gasteiger partial charge in [-0.2, -0.15) is 0 Å². The molecule has 0 radical (unpaired) electrons. The number of halogens is 3. The summed E-state index contributed by atoms with van der Waals surface area (Å²) in [6, 6.07) is 0. The Morgan fingerprint density at radius 3 is 1.17 bits per heavy atom. The van der Waals surface area contributed by atoms with Gasteiger partial charge in [0.05, 0.1) is 0 Å². The van der Waals surface area contributed by atoms with Crippen LogP contribution in [0.15, 0.2) is 12.3 Å². The predicted octanol–water partition coefficient (Wildman–Crippen LogP) is -8.69. The molecule has 0 aliphatic carbocycles. The SMILES string of the molecule is C=C[Si+3].[Cl-].[Cl-].[Cl-]. The molecule has 0 aromatic rings. The summed E-state index contributed by atoms with van der Waals surface area (Å²) in [4.78, 5) is 0. The van der Waals surface area contributed by atoms with Crippen LogP contribution in [-0.2, 0) is 0 Å². The molecule has 0 saturated carbocycles. The fraction of sp³-hybridized carbons (Fsp3) is 0. The summed E-state index contributed by atoms with van der Waals surface area (Å²) >= 11 is 0. The van der Waals surface area contributed by atoms with Gasteiger partial charge >= 0.3 is 22.5 Å². The summed E-state index contributed by atoms with van der Waals surface area (Å²) in [5.41, 5.74) is 1.56. The van der Waals surface area contributed by atoms with Crippen molar-refractivity contribution in [3.05, 3.63) is 12.3 Å². The Balaban J connectivity index is -0.00000000667. The molecular weight excluding hydrogens is 158 g/mol. The van der Waals surface area contributed by atoms with E-state index in [1.54, 1.807) is 5.70 Å². The van der Waals surface area contributed by atoms with Gasteiger partial charge in [-0.05, 0) is 0 Å². The van der Waals surface area contributed by atoms with Crippen molar-refractivity contribution >= 4 is 10.2 Å². The number of hydrogen-bond donors (Lipinski definition) is 0. The van der Waals surface area contributed by atoms with Crippen LogP contribution in [0, 0.1) is 0 Å². The molecule has 0 bridgehead atoms. The van der Waals surface area contributed by atoms with Crippen LogP contribution >= 0.6 is 0 Å². The second-order valence-corrected chi connectivity index (χ2v) is 0.612. The van der Waals surface area contributed by atoms with Gasteiger partial charge in [0.15, 0.2) is 0 Å². The summed E-state index contributed by atoms with van der Waals surface area (Å²) in [6.07, 6.45) is 0. The minimum absolute atomic E-state index is 0. The van der Waals surface area contributed by atoms with E-state index in [1.807, 2.05) is 0 Å². The number of rotatable bonds is 0. The summed E-state index contributed by atoms with van der Waals surface area (Å²) in [5, 5.41) is 0. The zero-order valence-electron chi connectivity index (χ0n) is 2.92. The van der Waals surface area contributed by atoms with E-state index in [-0.39, 0.29) is 37.2 Å². The van der Waals surface area contributed by atoms with Crippen molar-refractivity contribution in [2.45, 2.75) is 0 Å². The van der Waals surface area contributed by atoms with Gasteiger partial charge in [0.2, 0.25) is 0 Å². The van der Waals surface area contributed by atoms with Crippen LogP contribution in [0.25, 0.3) is 0 Å². The average molecular weight is 161 g/mol. The third-order valence-electron chi connectivity index (χ3n) is 0. The van der Waals surface area contributed by atoms with E-state index in [4.69, 9.17) is 0 Å². The van der Waals surface area contributed by atoms with E-state index >= 15 is 0 Å². The van der Waals surface area contributed by atoms with E-state index < -0.39 is 0 Å². The molecule has 0 fully saturated rings. The fourth-order valence-electron chi connectivity index (χ4n) is 0. The third-order valence-corrected chi connectivity index (χ3v) is 0. The van der Waals surface area contributed by atoms with Crippen LogP contribution in [0.5, 0.6) is 0 Å². The Morgan fingerprint density at radius 2 is 1.17 bits per heavy atom. The van der Waals surface area contributed by atoms with Crippen LogP contribution < -0.4 is 37.2 Å². The first-order chi connectivity index (χ1) is 1.41. The Morgan fingerprint density at radius 1 is 1.17 bits per heavy atom. The van der Waals surface area contributed by atoms with E-state index in [9.17, 15) is 0 Å². The molecule has 4 heteroatoms. The number of hydrogen-bond acceptors (Lipinski definition) is 0. The monoisotopic (exact) mass is 160 g/mol. The zero-order chi connectivity index (χ0) is 2.71. The molecule has 0 saturated heterocycles. The molecule has 0 aromatic heterocycles. The average Bonchev–Trinajstić information content (AvgIpc) is 0.918. The van der Waals surface area contributed by atoms with E-state index in [0.717, 1.165) is 0 Å². The molecular formula is C2H3Cl3Si. The molecule has 0 aromatic carbocycles. The fourth-order valence-corrected chi connectivity index (χ4v) is 0. The van der Waals surface area contributed by atoms with Crippen LogP contribution in [0.4, 0.5) is 0 Å². The normalized spacial score (nSPS) is 2.33. The van der Waals surface area contributed by atoms with Crippen molar-refractivity contribution in [3.8, 4) is 0 Å². The Bertz CT molecular complexity index is 16.3. The van der Waals surface area contributed by atoms with Crippen molar-refractivity contribution < 1.29 is 37.2 Å². The standard InChI is InChI=1S/C2H3Si.3ClH/c1-2-3;;;/h2H,1H2;3*1H/q+3;;;/p-3. The molecule has 0 aliphatic rings. The second kappa shape index (κ2) is 40.7. The van der Waals surface area contributed by atoms with Crippen molar-refractivity contribution in [2.75, 3.05) is 0 Å². The molecule has 6 heavy (non-hydrogen) atoms. The molecule has 0 spiro atoms. The molecule has 0 amide bonds. The molecule has 36 valence electrons. The van der Waals surface area contributed by atoms with Crippen molar-refractivity contribution in [2.24, 2.45) is 0 Å². The first-order valence-corrected chi connectivity index (χ1v) is 1.27. The van der Waals surface area contributed by atoms with Gasteiger partial charge in [0.25, 0.3) is 0 Å². The van der Waals surface area contributed by atoms with Gasteiger partial charge < -0.3 is 37.2 Å². The largest absolute Gasteiger partial charge is 1.00 e. The minimum atomic E-state index is 0. The Kier molecular flexibility index (Phi) is 197. The third kappa shape index (κ3) is 103. The summed E-state index contributed by atoms with van der Waals surface area (Å²) in [7, 11) is 2.95. The topological polar surface area (TPSA) is 0 Å². The van der Waals surface area contributed by atoms with Gasteiger partial charge in [-0.1, -0.05) is 0 Å². The maximum absolute atomic E-state index is 3.27. The maximum atomic E-state index is 3.27. The van der Waals surface area contributed by atoms with E-state index in [0.29, 0.717) is 0 Å². The molecule has 0 aliphatic heterocycles. The van der Waals surface area contributed by atoms with Crippen molar-refractivity contribution in [3.63, 3.8) is 0 Å². The van der Waals surface area contributed by atoms with Gasteiger partial charge in [-0.25, -0.2) is 0 Å². The molecule has 0 atom stereocenters. The van der Waals surface area contributed by atoms with Crippen LogP contribution in [-0.4, -0.2) is 10.2 Å². The zero-order valence-corrected chi connectivity index (χ0v) is 6.19. The summed E-state index contributed by atoms with van der Waals surface area (Å²) in [6.45, 7) is 3.27. The van der Waals surface area contributed by atoms with Crippen molar-refractivity contribution in [1.82, 2.24) is 0 Å². The van der Waals surface area contributed by atoms with Gasteiger partial charge in [0, 0.05) is 0 Å². The summed E-state index contributed by atoms with van der Waals surface area (Å²) in [5.74, 6) is 0. The van der Waals surface area contributed by atoms with E-state index in [1.165, 1.54) is 0 Å². The first kappa shape index (κ1) is 29.0. The molecule has 0 rings (SSSR count). The van der Waals surface area contributed by atoms with Crippen LogP contribution in [0.2, 0.25) is 0 Å². The smallest absolute Gasteiger partial charge is 1.00 e. The molecule has 0 N–H and O–H groups in total.